The van der Waals surface area contributed by atoms with Crippen LogP contribution in [0.1, 0.15) is 44.7 Å². The van der Waals surface area contributed by atoms with Crippen LogP contribution in [0.4, 0.5) is 11.4 Å². The van der Waals surface area contributed by atoms with E-state index in [2.05, 4.69) is 46.3 Å². The molecule has 0 saturated carbocycles. The van der Waals surface area contributed by atoms with Crippen LogP contribution in [-0.4, -0.2) is 60.9 Å². The van der Waals surface area contributed by atoms with Gasteiger partial charge < -0.3 is 15.1 Å². The zero-order valence-corrected chi connectivity index (χ0v) is 21.0. The summed E-state index contributed by atoms with van der Waals surface area (Å²) < 4.78 is 0. The zero-order chi connectivity index (χ0) is 24.9. The highest BCUT2D eigenvalue weighted by atomic mass is 16.2. The van der Waals surface area contributed by atoms with Gasteiger partial charge in [-0.2, -0.15) is 0 Å². The highest BCUT2D eigenvalue weighted by molar-refractivity contribution is 6.06. The number of likely N-dealkylation sites (tertiary alicyclic amines) is 1. The molecule has 3 aromatic rings. The van der Waals surface area contributed by atoms with E-state index in [9.17, 15) is 9.59 Å². The quantitative estimate of drug-likeness (QED) is 0.548. The Morgan fingerprint density at radius 2 is 1.50 bits per heavy atom. The second-order valence-electron chi connectivity index (χ2n) is 9.80. The fourth-order valence-electron chi connectivity index (χ4n) is 5.04. The monoisotopic (exact) mass is 482 g/mol. The van der Waals surface area contributed by atoms with Crippen molar-refractivity contribution in [2.75, 3.05) is 49.5 Å². The van der Waals surface area contributed by atoms with E-state index in [-0.39, 0.29) is 11.8 Å². The number of amides is 2. The predicted molar refractivity (Wildman–Crippen MR) is 145 cm³/mol. The van der Waals surface area contributed by atoms with Crippen LogP contribution in [-0.2, 0) is 6.54 Å². The van der Waals surface area contributed by atoms with Gasteiger partial charge in [0.05, 0.1) is 5.56 Å². The molecule has 1 N–H and O–H groups in total. The summed E-state index contributed by atoms with van der Waals surface area (Å²) in [6, 6.07) is 23.7. The number of carbonyl (C=O) groups is 2. The first-order chi connectivity index (χ1) is 17.6. The lowest BCUT2D eigenvalue weighted by molar-refractivity contribution is 0.0793. The van der Waals surface area contributed by atoms with Crippen molar-refractivity contribution in [1.29, 1.82) is 0 Å². The Hall–Kier alpha value is -3.64. The smallest absolute Gasteiger partial charge is 0.256 e. The topological polar surface area (TPSA) is 55.9 Å². The maximum atomic E-state index is 13.5. The summed E-state index contributed by atoms with van der Waals surface area (Å²) in [4.78, 5) is 33.0. The Balaban J connectivity index is 1.32. The highest BCUT2D eigenvalue weighted by Crippen LogP contribution is 2.28. The van der Waals surface area contributed by atoms with Crippen LogP contribution in [0, 0.1) is 6.92 Å². The van der Waals surface area contributed by atoms with E-state index in [1.807, 2.05) is 41.3 Å². The molecular weight excluding hydrogens is 448 g/mol. The number of rotatable bonds is 6. The van der Waals surface area contributed by atoms with Gasteiger partial charge in [-0.15, -0.1) is 0 Å². The second-order valence-corrected chi connectivity index (χ2v) is 9.80. The van der Waals surface area contributed by atoms with Crippen molar-refractivity contribution in [2.24, 2.45) is 0 Å². The molecule has 0 unspecified atom stereocenters. The van der Waals surface area contributed by atoms with E-state index >= 15 is 0 Å². The number of anilines is 2. The fraction of sp³-hybridized carbons (Fsp3) is 0.333. The summed E-state index contributed by atoms with van der Waals surface area (Å²) in [5.41, 5.74) is 5.49. The summed E-state index contributed by atoms with van der Waals surface area (Å²) >= 11 is 0. The molecular formula is C30H34N4O2. The van der Waals surface area contributed by atoms with Gasteiger partial charge in [0.15, 0.2) is 0 Å². The molecule has 2 saturated heterocycles. The zero-order valence-electron chi connectivity index (χ0n) is 21.0. The molecule has 2 aliphatic rings. The first-order valence-corrected chi connectivity index (χ1v) is 12.9. The van der Waals surface area contributed by atoms with Gasteiger partial charge in [-0.25, -0.2) is 0 Å². The largest absolute Gasteiger partial charge is 0.368 e. The molecule has 0 aromatic heterocycles. The Bertz CT molecular complexity index is 1200. The number of benzene rings is 3. The van der Waals surface area contributed by atoms with Gasteiger partial charge in [-0.05, 0) is 55.7 Å². The lowest BCUT2D eigenvalue weighted by atomic mass is 10.1. The van der Waals surface area contributed by atoms with E-state index in [1.54, 1.807) is 12.1 Å². The number of carbonyl (C=O) groups excluding carboxylic acids is 2. The van der Waals surface area contributed by atoms with Crippen LogP contribution < -0.4 is 10.2 Å². The van der Waals surface area contributed by atoms with Crippen LogP contribution in [0.15, 0.2) is 72.8 Å². The Kier molecular flexibility index (Phi) is 7.33. The van der Waals surface area contributed by atoms with Crippen LogP contribution in [0.3, 0.4) is 0 Å². The van der Waals surface area contributed by atoms with E-state index in [0.29, 0.717) is 16.8 Å². The summed E-state index contributed by atoms with van der Waals surface area (Å²) in [5, 5.41) is 2.98. The molecule has 2 aliphatic heterocycles. The van der Waals surface area contributed by atoms with Crippen LogP contribution >= 0.6 is 0 Å². The lowest BCUT2D eigenvalue weighted by Gasteiger charge is -2.37. The third-order valence-electron chi connectivity index (χ3n) is 7.15. The molecule has 0 atom stereocenters. The van der Waals surface area contributed by atoms with E-state index < -0.39 is 0 Å². The molecule has 186 valence electrons. The number of piperazine rings is 1. The third kappa shape index (κ3) is 5.60. The Morgan fingerprint density at radius 1 is 0.806 bits per heavy atom. The number of hydrogen-bond acceptors (Lipinski definition) is 4. The molecule has 0 spiro atoms. The number of nitrogens with one attached hydrogen (secondary N) is 1. The highest BCUT2D eigenvalue weighted by Gasteiger charge is 2.26. The lowest BCUT2D eigenvalue weighted by Crippen LogP contribution is -2.46. The van der Waals surface area contributed by atoms with Crippen molar-refractivity contribution >= 4 is 23.2 Å². The van der Waals surface area contributed by atoms with Crippen molar-refractivity contribution in [3.8, 4) is 0 Å². The van der Waals surface area contributed by atoms with Crippen molar-refractivity contribution in [3.05, 3.63) is 95.1 Å². The number of nitrogens with zero attached hydrogens (tertiary/aromatic N) is 3. The molecule has 3 aromatic carbocycles. The van der Waals surface area contributed by atoms with Crippen molar-refractivity contribution in [2.45, 2.75) is 26.3 Å². The molecule has 6 nitrogen and oxygen atoms in total. The van der Waals surface area contributed by atoms with E-state index in [0.717, 1.165) is 64.3 Å². The molecule has 6 heteroatoms. The van der Waals surface area contributed by atoms with Crippen LogP contribution in [0.2, 0.25) is 0 Å². The molecule has 2 amide bonds. The standard InChI is InChI=1S/C30H34N4O2/c1-23-9-11-24(12-10-23)22-32-17-19-33(20-18-32)28-14-13-26(31-29(35)25-7-3-2-4-8-25)21-27(28)30(36)34-15-5-6-16-34/h2-4,7-14,21H,5-6,15-20,22H2,1H3,(H,31,35). The van der Waals surface area contributed by atoms with Crippen molar-refractivity contribution in [1.82, 2.24) is 9.80 Å². The van der Waals surface area contributed by atoms with Crippen LogP contribution in [0.5, 0.6) is 0 Å². The minimum atomic E-state index is -0.173. The SMILES string of the molecule is Cc1ccc(CN2CCN(c3ccc(NC(=O)c4ccccc4)cc3C(=O)N3CCCC3)CC2)cc1. The average molecular weight is 483 g/mol. The summed E-state index contributed by atoms with van der Waals surface area (Å²) in [6.45, 7) is 8.26. The summed E-state index contributed by atoms with van der Waals surface area (Å²) in [5.74, 6) is -0.118. The van der Waals surface area contributed by atoms with Crippen LogP contribution in [0.25, 0.3) is 0 Å². The molecule has 0 radical (unpaired) electrons. The van der Waals surface area contributed by atoms with Crippen molar-refractivity contribution < 1.29 is 9.59 Å². The van der Waals surface area contributed by atoms with Gasteiger partial charge >= 0.3 is 0 Å². The van der Waals surface area contributed by atoms with E-state index in [4.69, 9.17) is 0 Å². The number of hydrogen-bond donors (Lipinski definition) is 1. The summed E-state index contributed by atoms with van der Waals surface area (Å²) in [6.07, 6.45) is 2.09. The van der Waals surface area contributed by atoms with Gasteiger partial charge in [0.1, 0.15) is 0 Å². The van der Waals surface area contributed by atoms with Gasteiger partial charge in [0.25, 0.3) is 11.8 Å². The van der Waals surface area contributed by atoms with Gasteiger partial charge in [-0.3, -0.25) is 14.5 Å². The maximum absolute atomic E-state index is 13.5. The Labute approximate surface area is 213 Å². The molecule has 5 rings (SSSR count). The minimum absolute atomic E-state index is 0.0559. The van der Waals surface area contributed by atoms with Crippen molar-refractivity contribution in [3.63, 3.8) is 0 Å². The van der Waals surface area contributed by atoms with Gasteiger partial charge in [0, 0.05) is 62.8 Å². The maximum Gasteiger partial charge on any atom is 0.256 e. The second kappa shape index (κ2) is 11.0. The minimum Gasteiger partial charge on any atom is -0.368 e. The molecule has 0 bridgehead atoms. The van der Waals surface area contributed by atoms with E-state index in [1.165, 1.54) is 11.1 Å². The molecule has 0 aliphatic carbocycles. The molecule has 2 heterocycles. The first-order valence-electron chi connectivity index (χ1n) is 12.9. The van der Waals surface area contributed by atoms with Gasteiger partial charge in [0.2, 0.25) is 0 Å². The normalized spacial score (nSPS) is 16.2. The predicted octanol–water partition coefficient (Wildman–Crippen LogP) is 4.81. The third-order valence-corrected chi connectivity index (χ3v) is 7.15. The Morgan fingerprint density at radius 3 is 2.19 bits per heavy atom. The average Bonchev–Trinajstić information content (AvgIpc) is 3.46. The fourth-order valence-corrected chi connectivity index (χ4v) is 5.04. The summed E-state index contributed by atoms with van der Waals surface area (Å²) in [7, 11) is 0. The molecule has 2 fully saturated rings. The number of aryl methyl sites for hydroxylation is 1. The molecule has 36 heavy (non-hydrogen) atoms. The first kappa shape index (κ1) is 24.1. The van der Waals surface area contributed by atoms with Gasteiger partial charge in [-0.1, -0.05) is 48.0 Å².